The van der Waals surface area contributed by atoms with Crippen molar-refractivity contribution < 1.29 is 19.7 Å². The number of aliphatic hydroxyl groups is 2. The van der Waals surface area contributed by atoms with Gasteiger partial charge in [-0.15, -0.1) is 0 Å². The molecule has 0 fully saturated rings. The molecule has 0 radical (unpaired) electrons. The van der Waals surface area contributed by atoms with Gasteiger partial charge in [-0.05, 0) is 42.5 Å². The summed E-state index contributed by atoms with van der Waals surface area (Å²) < 4.78 is 11.7. The first-order valence-corrected chi connectivity index (χ1v) is 12.3. The lowest BCUT2D eigenvalue weighted by Crippen LogP contribution is -2.46. The molecule has 2 aliphatic rings. The molecule has 0 saturated heterocycles. The van der Waals surface area contributed by atoms with E-state index in [1.165, 1.54) is 5.56 Å². The summed E-state index contributed by atoms with van der Waals surface area (Å²) in [5.41, 5.74) is 11.8. The van der Waals surface area contributed by atoms with Gasteiger partial charge in [0.05, 0.1) is 13.2 Å². The lowest BCUT2D eigenvalue weighted by atomic mass is 9.86. The summed E-state index contributed by atoms with van der Waals surface area (Å²) in [5, 5.41) is 22.8. The third kappa shape index (κ3) is 5.78. The zero-order chi connectivity index (χ0) is 23.9. The van der Waals surface area contributed by atoms with Crippen LogP contribution in [0.1, 0.15) is 29.5 Å². The van der Waals surface area contributed by atoms with E-state index < -0.39 is 0 Å². The number of benzene rings is 2. The van der Waals surface area contributed by atoms with Crippen molar-refractivity contribution >= 4 is 11.6 Å². The number of hydrogen-bond donors (Lipinski definition) is 4. The molecular formula is C26H34ClN3O4. The van der Waals surface area contributed by atoms with Gasteiger partial charge in [-0.2, -0.15) is 0 Å². The molecule has 0 amide bonds. The van der Waals surface area contributed by atoms with Gasteiger partial charge in [0, 0.05) is 54.1 Å². The van der Waals surface area contributed by atoms with Gasteiger partial charge in [0.15, 0.2) is 11.5 Å². The Morgan fingerprint density at radius 3 is 2.65 bits per heavy atom. The van der Waals surface area contributed by atoms with Crippen LogP contribution in [0, 0.1) is 0 Å². The van der Waals surface area contributed by atoms with E-state index in [1.807, 2.05) is 30.3 Å². The van der Waals surface area contributed by atoms with Gasteiger partial charge in [-0.1, -0.05) is 35.9 Å². The number of nitrogens with two attached hydrogens (primary N) is 1. The van der Waals surface area contributed by atoms with Crippen molar-refractivity contribution in [2.24, 2.45) is 5.73 Å². The summed E-state index contributed by atoms with van der Waals surface area (Å²) in [6, 6.07) is 12.2. The van der Waals surface area contributed by atoms with Gasteiger partial charge >= 0.3 is 0 Å². The molecule has 1 unspecified atom stereocenters. The molecule has 0 saturated carbocycles. The monoisotopic (exact) mass is 487 g/mol. The van der Waals surface area contributed by atoms with Crippen molar-refractivity contribution in [1.82, 2.24) is 10.2 Å². The second kappa shape index (κ2) is 11.8. The Morgan fingerprint density at radius 1 is 1.06 bits per heavy atom. The van der Waals surface area contributed by atoms with Gasteiger partial charge in [0.25, 0.3) is 0 Å². The van der Waals surface area contributed by atoms with Gasteiger partial charge in [0.2, 0.25) is 0 Å². The van der Waals surface area contributed by atoms with E-state index in [0.717, 1.165) is 66.3 Å². The Kier molecular flexibility index (Phi) is 8.56. The number of aryl methyl sites for hydroxylation is 1. The second-order valence-corrected chi connectivity index (χ2v) is 9.15. The van der Waals surface area contributed by atoms with Crippen LogP contribution in [0.25, 0.3) is 0 Å². The van der Waals surface area contributed by atoms with Crippen molar-refractivity contribution in [2.75, 3.05) is 39.5 Å². The summed E-state index contributed by atoms with van der Waals surface area (Å²) in [7, 11) is 0. The third-order valence-electron chi connectivity index (χ3n) is 6.58. The number of nitrogens with zero attached hydrogens (tertiary/aromatic N) is 1. The zero-order valence-electron chi connectivity index (χ0n) is 19.4. The normalized spacial score (nSPS) is 18.5. The fourth-order valence-corrected chi connectivity index (χ4v) is 4.98. The van der Waals surface area contributed by atoms with Crippen molar-refractivity contribution in [1.29, 1.82) is 0 Å². The minimum Gasteiger partial charge on any atom is -0.487 e. The smallest absolute Gasteiger partial charge is 0.164 e. The lowest BCUT2D eigenvalue weighted by molar-refractivity contribution is 0.168. The molecule has 0 spiro atoms. The average Bonchev–Trinajstić information content (AvgIpc) is 2.86. The molecule has 1 aliphatic heterocycles. The molecule has 0 bridgehead atoms. The van der Waals surface area contributed by atoms with Crippen molar-refractivity contribution in [3.8, 4) is 11.5 Å². The topological polar surface area (TPSA) is 100 Å². The minimum absolute atomic E-state index is 0.0648. The van der Waals surface area contributed by atoms with E-state index >= 15 is 0 Å². The van der Waals surface area contributed by atoms with E-state index in [0.29, 0.717) is 24.1 Å². The van der Waals surface area contributed by atoms with Crippen molar-refractivity contribution in [3.05, 3.63) is 69.5 Å². The van der Waals surface area contributed by atoms with Crippen LogP contribution in [-0.2, 0) is 19.4 Å². The quantitative estimate of drug-likeness (QED) is 0.408. The molecule has 0 aromatic heterocycles. The zero-order valence-corrected chi connectivity index (χ0v) is 20.2. The molecule has 1 aliphatic carbocycles. The molecule has 4 rings (SSSR count). The Morgan fingerprint density at radius 2 is 1.85 bits per heavy atom. The number of aliphatic hydroxyl groups excluding tert-OH is 2. The number of halogens is 1. The Hall–Kier alpha value is -2.45. The number of hydrogen-bond acceptors (Lipinski definition) is 7. The summed E-state index contributed by atoms with van der Waals surface area (Å²) in [6.45, 7) is 2.60. The van der Waals surface area contributed by atoms with E-state index in [-0.39, 0.29) is 26.4 Å². The molecule has 1 heterocycles. The highest BCUT2D eigenvalue weighted by atomic mass is 35.5. The molecule has 1 atom stereocenters. The molecule has 34 heavy (non-hydrogen) atoms. The standard InChI is InChI=1S/C26H34ClN3O4/c27-22-4-2-1-3-19(22)16-29-24-17-30(10-9-23(24)28)20-7-5-18-6-8-25(33-13-11-31)26(21(18)15-20)34-14-12-32/h1-4,6,8,20,29,31-32H,5,7,9-17,28H2. The highest BCUT2D eigenvalue weighted by molar-refractivity contribution is 6.31. The maximum atomic E-state index is 9.31. The average molecular weight is 488 g/mol. The molecule has 184 valence electrons. The summed E-state index contributed by atoms with van der Waals surface area (Å²) in [5.74, 6) is 1.31. The van der Waals surface area contributed by atoms with Crippen LogP contribution < -0.4 is 20.5 Å². The predicted molar refractivity (Wildman–Crippen MR) is 133 cm³/mol. The van der Waals surface area contributed by atoms with Gasteiger partial charge in [-0.3, -0.25) is 4.90 Å². The van der Waals surface area contributed by atoms with Crippen LogP contribution in [0.3, 0.4) is 0 Å². The molecule has 8 heteroatoms. The largest absolute Gasteiger partial charge is 0.487 e. The van der Waals surface area contributed by atoms with E-state index in [1.54, 1.807) is 0 Å². The molecule has 7 nitrogen and oxygen atoms in total. The van der Waals surface area contributed by atoms with E-state index in [2.05, 4.69) is 16.3 Å². The van der Waals surface area contributed by atoms with Crippen molar-refractivity contribution in [3.63, 3.8) is 0 Å². The molecular weight excluding hydrogens is 454 g/mol. The number of ether oxygens (including phenoxy) is 2. The summed E-state index contributed by atoms with van der Waals surface area (Å²) in [4.78, 5) is 2.49. The number of rotatable bonds is 10. The van der Waals surface area contributed by atoms with Crippen LogP contribution in [-0.4, -0.2) is 60.7 Å². The van der Waals surface area contributed by atoms with Gasteiger partial charge < -0.3 is 30.7 Å². The minimum atomic E-state index is -0.0663. The van der Waals surface area contributed by atoms with Crippen LogP contribution in [0.4, 0.5) is 0 Å². The van der Waals surface area contributed by atoms with Crippen LogP contribution in [0.2, 0.25) is 5.02 Å². The Bertz CT molecular complexity index is 1010. The molecule has 2 aromatic rings. The van der Waals surface area contributed by atoms with Crippen LogP contribution in [0.5, 0.6) is 11.5 Å². The van der Waals surface area contributed by atoms with Gasteiger partial charge in [-0.25, -0.2) is 0 Å². The SMILES string of the molecule is NC1=C(NCc2ccccc2Cl)CN(C2CCc3ccc(OCCO)c(OCCO)c3C2)CC1. The fourth-order valence-electron chi connectivity index (χ4n) is 4.78. The second-order valence-electron chi connectivity index (χ2n) is 8.74. The summed E-state index contributed by atoms with van der Waals surface area (Å²) >= 11 is 6.32. The van der Waals surface area contributed by atoms with E-state index in [4.69, 9.17) is 26.8 Å². The first-order valence-electron chi connectivity index (χ1n) is 11.9. The first-order chi connectivity index (χ1) is 16.6. The van der Waals surface area contributed by atoms with Crippen LogP contribution >= 0.6 is 11.6 Å². The predicted octanol–water partition coefficient (Wildman–Crippen LogP) is 2.61. The molecule has 2 aromatic carbocycles. The van der Waals surface area contributed by atoms with Crippen LogP contribution in [0.15, 0.2) is 47.8 Å². The first kappa shape index (κ1) is 24.7. The fraction of sp³-hybridized carbons (Fsp3) is 0.462. The molecule has 5 N–H and O–H groups in total. The van der Waals surface area contributed by atoms with Crippen molar-refractivity contribution in [2.45, 2.75) is 38.3 Å². The number of fused-ring (bicyclic) bond motifs is 1. The maximum Gasteiger partial charge on any atom is 0.164 e. The van der Waals surface area contributed by atoms with E-state index in [9.17, 15) is 10.2 Å². The third-order valence-corrected chi connectivity index (χ3v) is 6.95. The summed E-state index contributed by atoms with van der Waals surface area (Å²) in [6.07, 6.45) is 3.67. The highest BCUT2D eigenvalue weighted by Gasteiger charge is 2.30. The number of nitrogens with one attached hydrogen (secondary N) is 1. The Labute approximate surface area is 206 Å². The van der Waals surface area contributed by atoms with Gasteiger partial charge in [0.1, 0.15) is 13.2 Å². The Balaban J connectivity index is 1.47. The highest BCUT2D eigenvalue weighted by Crippen LogP contribution is 2.39. The lowest BCUT2D eigenvalue weighted by Gasteiger charge is -2.39. The maximum absolute atomic E-state index is 9.31.